The van der Waals surface area contributed by atoms with Gasteiger partial charge in [-0.25, -0.2) is 0 Å². The third-order valence-corrected chi connectivity index (χ3v) is 3.48. The van der Waals surface area contributed by atoms with Crippen molar-refractivity contribution in [2.24, 2.45) is 0 Å². The van der Waals surface area contributed by atoms with Crippen molar-refractivity contribution in [2.45, 2.75) is 25.7 Å². The van der Waals surface area contributed by atoms with E-state index >= 15 is 0 Å². The monoisotopic (exact) mass is 254 g/mol. The van der Waals surface area contributed by atoms with Gasteiger partial charge >= 0.3 is 0 Å². The van der Waals surface area contributed by atoms with Crippen LogP contribution in [0.25, 0.3) is 0 Å². The number of piperidine rings is 1. The smallest absolute Gasteiger partial charge is 0.0413 e. The average Bonchev–Trinajstić information content (AvgIpc) is 2.19. The topological polar surface area (TPSA) is 24.9 Å². The van der Waals surface area contributed by atoms with Crippen LogP contribution in [-0.2, 0) is 0 Å². The molecule has 3 heteroatoms. The van der Waals surface area contributed by atoms with Gasteiger partial charge in [0.05, 0.1) is 0 Å². The molecule has 1 atom stereocenters. The summed E-state index contributed by atoms with van der Waals surface area (Å²) in [6, 6.07) is 0. The Morgan fingerprint density at radius 3 is 3.00 bits per heavy atom. The van der Waals surface area contributed by atoms with Crippen LogP contribution in [0.5, 0.6) is 0 Å². The second-order valence-corrected chi connectivity index (χ2v) is 4.75. The van der Waals surface area contributed by atoms with Gasteiger partial charge < -0.3 is 5.32 Å². The molecule has 2 nitrogen and oxygen atoms in total. The highest BCUT2D eigenvalue weighted by molar-refractivity contribution is 9.10. The van der Waals surface area contributed by atoms with Gasteiger partial charge in [0.1, 0.15) is 0 Å². The maximum atomic E-state index is 4.17. The fourth-order valence-corrected chi connectivity index (χ4v) is 2.91. The van der Waals surface area contributed by atoms with E-state index in [0.29, 0.717) is 5.92 Å². The molecular formula is C11H15BrN2. The summed E-state index contributed by atoms with van der Waals surface area (Å²) in [7, 11) is 0. The molecule has 76 valence electrons. The van der Waals surface area contributed by atoms with E-state index in [1.807, 2.05) is 12.4 Å². The number of hydrogen-bond donors (Lipinski definition) is 1. The normalized spacial score (nSPS) is 22.3. The molecule has 1 aliphatic rings. The summed E-state index contributed by atoms with van der Waals surface area (Å²) in [5.74, 6) is 0.654. The Balaban J connectivity index is 2.29. The molecule has 0 radical (unpaired) electrons. The molecule has 0 aromatic carbocycles. The summed E-state index contributed by atoms with van der Waals surface area (Å²) in [5, 5.41) is 3.45. The van der Waals surface area contributed by atoms with Crippen molar-refractivity contribution in [3.8, 4) is 0 Å². The van der Waals surface area contributed by atoms with Crippen molar-refractivity contribution < 1.29 is 0 Å². The molecule has 0 saturated carbocycles. The molecule has 1 N–H and O–H groups in total. The van der Waals surface area contributed by atoms with Crippen molar-refractivity contribution in [3.63, 3.8) is 0 Å². The zero-order valence-corrected chi connectivity index (χ0v) is 9.97. The minimum atomic E-state index is 0.654. The third kappa shape index (κ3) is 1.98. The van der Waals surface area contributed by atoms with Crippen LogP contribution in [0.3, 0.4) is 0 Å². The molecule has 14 heavy (non-hydrogen) atoms. The van der Waals surface area contributed by atoms with Gasteiger partial charge in [0, 0.05) is 23.4 Å². The molecule has 1 aliphatic heterocycles. The van der Waals surface area contributed by atoms with Gasteiger partial charge in [-0.2, -0.15) is 0 Å². The highest BCUT2D eigenvalue weighted by atomic mass is 79.9. The Morgan fingerprint density at radius 1 is 1.50 bits per heavy atom. The minimum Gasteiger partial charge on any atom is -0.316 e. The second-order valence-electron chi connectivity index (χ2n) is 3.90. The first kappa shape index (κ1) is 10.1. The second kappa shape index (κ2) is 4.41. The van der Waals surface area contributed by atoms with E-state index in [2.05, 4.69) is 33.2 Å². The van der Waals surface area contributed by atoms with Crippen molar-refractivity contribution in [1.82, 2.24) is 10.3 Å². The summed E-state index contributed by atoms with van der Waals surface area (Å²) in [6.07, 6.45) is 6.42. The van der Waals surface area contributed by atoms with Crippen LogP contribution >= 0.6 is 15.9 Å². The number of aromatic nitrogens is 1. The Morgan fingerprint density at radius 2 is 2.36 bits per heavy atom. The Kier molecular flexibility index (Phi) is 3.19. The van der Waals surface area contributed by atoms with E-state index in [1.54, 1.807) is 0 Å². The molecule has 0 aliphatic carbocycles. The lowest BCUT2D eigenvalue weighted by Crippen LogP contribution is -2.29. The first-order valence-corrected chi connectivity index (χ1v) is 5.89. The Bertz CT molecular complexity index is 299. The SMILES string of the molecule is Cc1cncc(Br)c1C1CCCNC1. The zero-order valence-electron chi connectivity index (χ0n) is 8.39. The van der Waals surface area contributed by atoms with Gasteiger partial charge in [-0.05, 0) is 59.3 Å². The number of hydrogen-bond acceptors (Lipinski definition) is 2. The van der Waals surface area contributed by atoms with Crippen molar-refractivity contribution in [2.75, 3.05) is 13.1 Å². The number of nitrogens with zero attached hydrogens (tertiary/aromatic N) is 1. The van der Waals surface area contributed by atoms with Gasteiger partial charge in [0.15, 0.2) is 0 Å². The summed E-state index contributed by atoms with van der Waals surface area (Å²) in [6.45, 7) is 4.41. The maximum absolute atomic E-state index is 4.17. The fraction of sp³-hybridized carbons (Fsp3) is 0.545. The van der Waals surface area contributed by atoms with Crippen LogP contribution in [0.1, 0.15) is 29.9 Å². The number of rotatable bonds is 1. The summed E-state index contributed by atoms with van der Waals surface area (Å²) >= 11 is 3.59. The molecule has 1 unspecified atom stereocenters. The average molecular weight is 255 g/mol. The molecule has 2 rings (SSSR count). The molecule has 1 aromatic rings. The molecular weight excluding hydrogens is 240 g/mol. The summed E-state index contributed by atoms with van der Waals surface area (Å²) in [5.41, 5.74) is 2.74. The largest absolute Gasteiger partial charge is 0.316 e. The fourth-order valence-electron chi connectivity index (χ4n) is 2.16. The van der Waals surface area contributed by atoms with E-state index in [1.165, 1.54) is 24.0 Å². The van der Waals surface area contributed by atoms with Crippen LogP contribution in [0.15, 0.2) is 16.9 Å². The van der Waals surface area contributed by atoms with E-state index in [4.69, 9.17) is 0 Å². The molecule has 0 bridgehead atoms. The lowest BCUT2D eigenvalue weighted by molar-refractivity contribution is 0.459. The molecule has 0 spiro atoms. The first-order valence-electron chi connectivity index (χ1n) is 5.10. The highest BCUT2D eigenvalue weighted by Crippen LogP contribution is 2.31. The molecule has 0 amide bonds. The zero-order chi connectivity index (χ0) is 9.97. The Hall–Kier alpha value is -0.410. The summed E-state index contributed by atoms with van der Waals surface area (Å²) < 4.78 is 1.16. The van der Waals surface area contributed by atoms with Gasteiger partial charge in [-0.3, -0.25) is 4.98 Å². The van der Waals surface area contributed by atoms with Crippen LogP contribution in [0, 0.1) is 6.92 Å². The predicted molar refractivity (Wildman–Crippen MR) is 61.5 cm³/mol. The molecule has 2 heterocycles. The van der Waals surface area contributed by atoms with Gasteiger partial charge in [0.2, 0.25) is 0 Å². The highest BCUT2D eigenvalue weighted by Gasteiger charge is 2.19. The van der Waals surface area contributed by atoms with Crippen LogP contribution < -0.4 is 5.32 Å². The van der Waals surface area contributed by atoms with Gasteiger partial charge in [-0.1, -0.05) is 0 Å². The minimum absolute atomic E-state index is 0.654. The van der Waals surface area contributed by atoms with Gasteiger partial charge in [0.25, 0.3) is 0 Å². The van der Waals surface area contributed by atoms with Gasteiger partial charge in [-0.15, -0.1) is 0 Å². The first-order chi connectivity index (χ1) is 6.79. The van der Waals surface area contributed by atoms with Crippen LogP contribution in [-0.4, -0.2) is 18.1 Å². The number of nitrogens with one attached hydrogen (secondary N) is 1. The number of aryl methyl sites for hydroxylation is 1. The molecule has 1 saturated heterocycles. The van der Waals surface area contributed by atoms with E-state index in [-0.39, 0.29) is 0 Å². The van der Waals surface area contributed by atoms with E-state index in [0.717, 1.165) is 17.6 Å². The maximum Gasteiger partial charge on any atom is 0.0413 e. The summed E-state index contributed by atoms with van der Waals surface area (Å²) in [4.78, 5) is 4.17. The van der Waals surface area contributed by atoms with Crippen LogP contribution in [0.2, 0.25) is 0 Å². The third-order valence-electron chi connectivity index (χ3n) is 2.84. The molecule has 1 aromatic heterocycles. The number of halogens is 1. The van der Waals surface area contributed by atoms with E-state index < -0.39 is 0 Å². The quantitative estimate of drug-likeness (QED) is 0.834. The van der Waals surface area contributed by atoms with Crippen molar-refractivity contribution in [3.05, 3.63) is 28.0 Å². The lowest BCUT2D eigenvalue weighted by atomic mass is 9.90. The predicted octanol–water partition coefficient (Wildman–Crippen LogP) is 2.62. The lowest BCUT2D eigenvalue weighted by Gasteiger charge is -2.25. The Labute approximate surface area is 93.3 Å². The standard InChI is InChI=1S/C11H15BrN2/c1-8-5-14-7-10(12)11(8)9-3-2-4-13-6-9/h5,7,9,13H,2-4,6H2,1H3. The van der Waals surface area contributed by atoms with Crippen LogP contribution in [0.4, 0.5) is 0 Å². The van der Waals surface area contributed by atoms with E-state index in [9.17, 15) is 0 Å². The van der Waals surface area contributed by atoms with Crippen molar-refractivity contribution in [1.29, 1.82) is 0 Å². The van der Waals surface area contributed by atoms with Crippen molar-refractivity contribution >= 4 is 15.9 Å². The number of pyridine rings is 1. The molecule has 1 fully saturated rings.